The number of ether oxygens (including phenoxy) is 1. The van der Waals surface area contributed by atoms with E-state index < -0.39 is 0 Å². The summed E-state index contributed by atoms with van der Waals surface area (Å²) < 4.78 is 7.47. The summed E-state index contributed by atoms with van der Waals surface area (Å²) in [7, 11) is 0. The van der Waals surface area contributed by atoms with Crippen LogP contribution in [0.4, 0.5) is 5.69 Å². The van der Waals surface area contributed by atoms with E-state index in [1.165, 1.54) is 0 Å². The van der Waals surface area contributed by atoms with Gasteiger partial charge >= 0.3 is 0 Å². The van der Waals surface area contributed by atoms with Gasteiger partial charge in [-0.3, -0.25) is 4.79 Å². The number of anilines is 1. The van der Waals surface area contributed by atoms with E-state index in [-0.39, 0.29) is 5.91 Å². The van der Waals surface area contributed by atoms with Gasteiger partial charge in [0.1, 0.15) is 6.61 Å². The van der Waals surface area contributed by atoms with Crippen LogP contribution in [0.25, 0.3) is 16.9 Å². The number of benzene rings is 1. The minimum absolute atomic E-state index is 0.229. The molecule has 6 rings (SSSR count). The van der Waals surface area contributed by atoms with Crippen LogP contribution in [0.3, 0.4) is 0 Å². The third-order valence-electron chi connectivity index (χ3n) is 6.16. The van der Waals surface area contributed by atoms with Crippen LogP contribution in [0, 0.1) is 6.92 Å². The van der Waals surface area contributed by atoms with Crippen molar-refractivity contribution in [3.63, 3.8) is 0 Å². The SMILES string of the molecule is Cc1nn(-c2ccccn2)c2nc(C3CC3)cc(C(=O)Nc3ccc(OCc4ccccc4)nc3)c12. The van der Waals surface area contributed by atoms with Crippen molar-refractivity contribution in [1.29, 1.82) is 0 Å². The maximum absolute atomic E-state index is 13.5. The number of carbonyl (C=O) groups is 1. The fourth-order valence-corrected chi connectivity index (χ4v) is 4.18. The molecule has 0 atom stereocenters. The molecule has 0 spiro atoms. The molecule has 1 aliphatic rings. The van der Waals surface area contributed by atoms with Crippen molar-refractivity contribution in [2.45, 2.75) is 32.3 Å². The first kappa shape index (κ1) is 21.9. The smallest absolute Gasteiger partial charge is 0.256 e. The molecule has 4 heterocycles. The Morgan fingerprint density at radius 3 is 2.61 bits per heavy atom. The summed E-state index contributed by atoms with van der Waals surface area (Å²) in [4.78, 5) is 27.1. The Bertz CT molecular complexity index is 1530. The molecule has 1 aliphatic carbocycles. The number of carbonyl (C=O) groups excluding carboxylic acids is 1. The second-order valence-corrected chi connectivity index (χ2v) is 8.87. The van der Waals surface area contributed by atoms with Gasteiger partial charge in [0.05, 0.1) is 28.5 Å². The van der Waals surface area contributed by atoms with Gasteiger partial charge in [0.15, 0.2) is 11.5 Å². The highest BCUT2D eigenvalue weighted by Gasteiger charge is 2.29. The van der Waals surface area contributed by atoms with Gasteiger partial charge in [-0.1, -0.05) is 36.4 Å². The van der Waals surface area contributed by atoms with Gasteiger partial charge in [-0.05, 0) is 49.6 Å². The number of aryl methyl sites for hydroxylation is 1. The summed E-state index contributed by atoms with van der Waals surface area (Å²) in [6, 6.07) is 21.0. The Hall–Kier alpha value is -4.59. The predicted molar refractivity (Wildman–Crippen MR) is 136 cm³/mol. The van der Waals surface area contributed by atoms with E-state index in [9.17, 15) is 4.79 Å². The number of nitrogens with zero attached hydrogens (tertiary/aromatic N) is 5. The van der Waals surface area contributed by atoms with Gasteiger partial charge in [0.2, 0.25) is 5.88 Å². The Morgan fingerprint density at radius 1 is 1.06 bits per heavy atom. The second-order valence-electron chi connectivity index (χ2n) is 8.87. The maximum Gasteiger partial charge on any atom is 0.256 e. The summed E-state index contributed by atoms with van der Waals surface area (Å²) in [6.07, 6.45) is 5.47. The van der Waals surface area contributed by atoms with E-state index in [0.717, 1.165) is 35.2 Å². The van der Waals surface area contributed by atoms with Crippen LogP contribution in [-0.2, 0) is 6.61 Å². The standard InChI is InChI=1S/C28H24N6O2/c1-18-26-22(15-23(20-10-11-20)32-27(26)34(33-18)24-9-5-6-14-29-24)28(35)31-21-12-13-25(30-16-21)36-17-19-7-3-2-4-8-19/h2-9,12-16,20H,10-11,17H2,1H3,(H,31,35). The minimum Gasteiger partial charge on any atom is -0.473 e. The maximum atomic E-state index is 13.5. The Kier molecular flexibility index (Phi) is 5.61. The molecule has 1 aromatic carbocycles. The number of hydrogen-bond acceptors (Lipinski definition) is 6. The van der Waals surface area contributed by atoms with Gasteiger partial charge in [-0.15, -0.1) is 0 Å². The number of amides is 1. The third-order valence-corrected chi connectivity index (χ3v) is 6.16. The zero-order valence-electron chi connectivity index (χ0n) is 19.8. The molecule has 5 aromatic rings. The highest BCUT2D eigenvalue weighted by atomic mass is 16.5. The van der Waals surface area contributed by atoms with Gasteiger partial charge in [0.25, 0.3) is 5.91 Å². The van der Waals surface area contributed by atoms with Crippen LogP contribution in [0.2, 0.25) is 0 Å². The first-order chi connectivity index (χ1) is 17.7. The predicted octanol–water partition coefficient (Wildman–Crippen LogP) is 5.23. The summed E-state index contributed by atoms with van der Waals surface area (Å²) in [5.74, 6) is 1.30. The highest BCUT2D eigenvalue weighted by Crippen LogP contribution is 2.40. The Balaban J connectivity index is 1.28. The van der Waals surface area contributed by atoms with Crippen molar-refractivity contribution in [3.8, 4) is 11.7 Å². The summed E-state index contributed by atoms with van der Waals surface area (Å²) in [5.41, 5.74) is 4.46. The molecule has 178 valence electrons. The molecule has 4 aromatic heterocycles. The number of hydrogen-bond donors (Lipinski definition) is 1. The van der Waals surface area contributed by atoms with E-state index in [4.69, 9.17) is 9.72 Å². The quantitative estimate of drug-likeness (QED) is 0.346. The molecule has 1 N–H and O–H groups in total. The van der Waals surface area contributed by atoms with Gasteiger partial charge < -0.3 is 10.1 Å². The van der Waals surface area contributed by atoms with Crippen LogP contribution in [-0.4, -0.2) is 30.6 Å². The number of nitrogens with one attached hydrogen (secondary N) is 1. The zero-order valence-corrected chi connectivity index (χ0v) is 19.8. The molecule has 0 bridgehead atoms. The number of rotatable bonds is 7. The van der Waals surface area contributed by atoms with Crippen LogP contribution >= 0.6 is 0 Å². The Morgan fingerprint density at radius 2 is 1.89 bits per heavy atom. The van der Waals surface area contributed by atoms with Gasteiger partial charge in [-0.25, -0.2) is 15.0 Å². The lowest BCUT2D eigenvalue weighted by Gasteiger charge is -2.10. The normalized spacial score (nSPS) is 13.0. The average Bonchev–Trinajstić information content (AvgIpc) is 3.72. The number of aromatic nitrogens is 5. The molecule has 0 saturated heterocycles. The van der Waals surface area contributed by atoms with Crippen molar-refractivity contribution in [3.05, 3.63) is 102 Å². The van der Waals surface area contributed by atoms with Gasteiger partial charge in [-0.2, -0.15) is 9.78 Å². The highest BCUT2D eigenvalue weighted by molar-refractivity contribution is 6.12. The lowest BCUT2D eigenvalue weighted by atomic mass is 10.1. The first-order valence-corrected chi connectivity index (χ1v) is 11.9. The molecule has 1 saturated carbocycles. The molecular formula is C28H24N6O2. The van der Waals surface area contributed by atoms with E-state index in [1.54, 1.807) is 29.2 Å². The largest absolute Gasteiger partial charge is 0.473 e. The summed E-state index contributed by atoms with van der Waals surface area (Å²) >= 11 is 0. The van der Waals surface area contributed by atoms with Crippen molar-refractivity contribution in [2.24, 2.45) is 0 Å². The van der Waals surface area contributed by atoms with E-state index >= 15 is 0 Å². The molecule has 0 radical (unpaired) electrons. The van der Waals surface area contributed by atoms with Crippen molar-refractivity contribution in [2.75, 3.05) is 5.32 Å². The molecule has 0 unspecified atom stereocenters. The number of pyridine rings is 3. The van der Waals surface area contributed by atoms with Crippen LogP contribution in [0.5, 0.6) is 5.88 Å². The van der Waals surface area contributed by atoms with Gasteiger partial charge in [0, 0.05) is 23.9 Å². The fourth-order valence-electron chi connectivity index (χ4n) is 4.18. The van der Waals surface area contributed by atoms with Crippen molar-refractivity contribution in [1.82, 2.24) is 24.7 Å². The second kappa shape index (κ2) is 9.22. The molecule has 0 aliphatic heterocycles. The van der Waals surface area contributed by atoms with E-state index in [1.807, 2.05) is 61.5 Å². The van der Waals surface area contributed by atoms with Crippen molar-refractivity contribution < 1.29 is 9.53 Å². The lowest BCUT2D eigenvalue weighted by molar-refractivity contribution is 0.102. The minimum atomic E-state index is -0.229. The Labute approximate surface area is 208 Å². The monoisotopic (exact) mass is 476 g/mol. The fraction of sp³-hybridized carbons (Fsp3) is 0.179. The zero-order chi connectivity index (χ0) is 24.5. The molecule has 8 nitrogen and oxygen atoms in total. The third kappa shape index (κ3) is 4.40. The average molecular weight is 477 g/mol. The molecular weight excluding hydrogens is 452 g/mol. The molecule has 1 amide bonds. The summed E-state index contributed by atoms with van der Waals surface area (Å²) in [6.45, 7) is 2.31. The van der Waals surface area contributed by atoms with E-state index in [2.05, 4.69) is 20.4 Å². The van der Waals surface area contributed by atoms with Crippen LogP contribution in [0.1, 0.15) is 46.1 Å². The van der Waals surface area contributed by atoms with E-state index in [0.29, 0.717) is 41.1 Å². The summed E-state index contributed by atoms with van der Waals surface area (Å²) in [5, 5.41) is 8.37. The van der Waals surface area contributed by atoms with Crippen LogP contribution < -0.4 is 10.1 Å². The molecule has 8 heteroatoms. The topological polar surface area (TPSA) is 94.8 Å². The van der Waals surface area contributed by atoms with Crippen molar-refractivity contribution >= 4 is 22.6 Å². The van der Waals surface area contributed by atoms with Crippen LogP contribution in [0.15, 0.2) is 79.1 Å². The molecule has 36 heavy (non-hydrogen) atoms. The molecule has 1 fully saturated rings. The lowest BCUT2D eigenvalue weighted by Crippen LogP contribution is -2.14. The first-order valence-electron chi connectivity index (χ1n) is 11.9. The number of fused-ring (bicyclic) bond motifs is 1.